The summed E-state index contributed by atoms with van der Waals surface area (Å²) in [5.41, 5.74) is 3.83. The molecule has 0 aromatic heterocycles. The molecule has 0 bridgehead atoms. The van der Waals surface area contributed by atoms with Crippen LogP contribution in [0.1, 0.15) is 17.5 Å². The smallest absolute Gasteiger partial charge is 0.0668 e. The van der Waals surface area contributed by atoms with Crippen molar-refractivity contribution >= 4 is 21.6 Å². The molecule has 0 radical (unpaired) electrons. The molecule has 0 saturated carbocycles. The molecule has 1 aromatic rings. The Balaban J connectivity index is 2.19. The van der Waals surface area contributed by atoms with E-state index in [4.69, 9.17) is 4.74 Å². The number of benzene rings is 1. The predicted molar refractivity (Wildman–Crippen MR) is 66.5 cm³/mol. The first-order valence-corrected chi connectivity index (χ1v) is 6.07. The monoisotopic (exact) mass is 269 g/mol. The molecule has 2 nitrogen and oxygen atoms in total. The van der Waals surface area contributed by atoms with Gasteiger partial charge in [-0.25, -0.2) is 0 Å². The Hall–Kier alpha value is -0.540. The highest BCUT2D eigenvalue weighted by Gasteiger charge is 2.16. The highest BCUT2D eigenvalue weighted by Crippen LogP contribution is 2.26. The third kappa shape index (κ3) is 2.52. The highest BCUT2D eigenvalue weighted by atomic mass is 79.9. The van der Waals surface area contributed by atoms with Crippen molar-refractivity contribution in [3.8, 4) is 0 Å². The van der Waals surface area contributed by atoms with E-state index >= 15 is 0 Å². The molecule has 0 amide bonds. The average Bonchev–Trinajstić information content (AvgIpc) is 2.63. The first-order chi connectivity index (χ1) is 7.16. The second kappa shape index (κ2) is 4.54. The van der Waals surface area contributed by atoms with E-state index in [0.717, 1.165) is 24.1 Å². The van der Waals surface area contributed by atoms with Gasteiger partial charge in [0.15, 0.2) is 0 Å². The average molecular weight is 270 g/mol. The third-order valence-corrected chi connectivity index (χ3v) is 3.23. The van der Waals surface area contributed by atoms with Crippen LogP contribution in [0.15, 0.2) is 16.6 Å². The second-order valence-electron chi connectivity index (χ2n) is 4.12. The van der Waals surface area contributed by atoms with Crippen LogP contribution in [0.3, 0.4) is 0 Å². The van der Waals surface area contributed by atoms with E-state index in [1.807, 2.05) is 0 Å². The van der Waals surface area contributed by atoms with E-state index in [1.165, 1.54) is 16.8 Å². The molecule has 1 aromatic carbocycles. The van der Waals surface area contributed by atoms with Crippen LogP contribution >= 0.6 is 15.9 Å². The van der Waals surface area contributed by atoms with E-state index in [2.05, 4.69) is 47.2 Å². The van der Waals surface area contributed by atoms with Crippen LogP contribution < -0.4 is 5.32 Å². The van der Waals surface area contributed by atoms with Crippen LogP contribution in [-0.4, -0.2) is 19.3 Å². The molecule has 1 unspecified atom stereocenters. The van der Waals surface area contributed by atoms with Gasteiger partial charge in [-0.3, -0.25) is 0 Å². The van der Waals surface area contributed by atoms with Gasteiger partial charge >= 0.3 is 0 Å². The number of anilines is 1. The summed E-state index contributed by atoms with van der Waals surface area (Å²) in [5.74, 6) is 0. The molecule has 1 saturated heterocycles. The minimum atomic E-state index is 0.476. The Bertz CT molecular complexity index is 336. The van der Waals surface area contributed by atoms with E-state index < -0.39 is 0 Å². The van der Waals surface area contributed by atoms with Crippen molar-refractivity contribution in [2.75, 3.05) is 18.5 Å². The fourth-order valence-corrected chi connectivity index (χ4v) is 2.68. The van der Waals surface area contributed by atoms with Gasteiger partial charge in [0.2, 0.25) is 0 Å². The summed E-state index contributed by atoms with van der Waals surface area (Å²) in [7, 11) is 0. The van der Waals surface area contributed by atoms with Crippen molar-refractivity contribution in [3.63, 3.8) is 0 Å². The standard InChI is InChI=1S/C12H16BrNO/c1-8-5-10(13)6-9(2)12(8)14-11-3-4-15-7-11/h5-6,11,14H,3-4,7H2,1-2H3. The summed E-state index contributed by atoms with van der Waals surface area (Å²) in [5, 5.41) is 3.56. The van der Waals surface area contributed by atoms with Gasteiger partial charge in [-0.15, -0.1) is 0 Å². The normalized spacial score (nSPS) is 20.6. The molecule has 82 valence electrons. The molecule has 1 heterocycles. The lowest BCUT2D eigenvalue weighted by Crippen LogP contribution is -2.20. The molecule has 1 aliphatic heterocycles. The number of ether oxygens (including phenoxy) is 1. The van der Waals surface area contributed by atoms with Crippen molar-refractivity contribution in [1.29, 1.82) is 0 Å². The fourth-order valence-electron chi connectivity index (χ4n) is 1.99. The summed E-state index contributed by atoms with van der Waals surface area (Å²) in [6.07, 6.45) is 1.11. The zero-order valence-corrected chi connectivity index (χ0v) is 10.7. The van der Waals surface area contributed by atoms with E-state index in [0.29, 0.717) is 6.04 Å². The molecule has 1 N–H and O–H groups in total. The van der Waals surface area contributed by atoms with Crippen LogP contribution in [0.2, 0.25) is 0 Å². The summed E-state index contributed by atoms with van der Waals surface area (Å²) >= 11 is 3.51. The summed E-state index contributed by atoms with van der Waals surface area (Å²) < 4.78 is 6.51. The zero-order chi connectivity index (χ0) is 10.8. The largest absolute Gasteiger partial charge is 0.379 e. The quantitative estimate of drug-likeness (QED) is 0.890. The number of rotatable bonds is 2. The Kier molecular flexibility index (Phi) is 3.32. The van der Waals surface area contributed by atoms with Gasteiger partial charge in [-0.2, -0.15) is 0 Å². The second-order valence-corrected chi connectivity index (χ2v) is 5.04. The van der Waals surface area contributed by atoms with Gasteiger partial charge in [-0.1, -0.05) is 15.9 Å². The summed E-state index contributed by atoms with van der Waals surface area (Å²) in [6, 6.07) is 4.76. The predicted octanol–water partition coefficient (Wildman–Crippen LogP) is 3.27. The van der Waals surface area contributed by atoms with Gasteiger partial charge < -0.3 is 10.1 Å². The van der Waals surface area contributed by atoms with Crippen LogP contribution in [0.4, 0.5) is 5.69 Å². The third-order valence-electron chi connectivity index (χ3n) is 2.78. The molecule has 3 heteroatoms. The number of hydrogen-bond acceptors (Lipinski definition) is 2. The lowest BCUT2D eigenvalue weighted by Gasteiger charge is -2.17. The van der Waals surface area contributed by atoms with Crippen molar-refractivity contribution in [1.82, 2.24) is 0 Å². The van der Waals surface area contributed by atoms with Crippen molar-refractivity contribution in [2.24, 2.45) is 0 Å². The lowest BCUT2D eigenvalue weighted by atomic mass is 10.1. The van der Waals surface area contributed by atoms with Gasteiger partial charge in [0, 0.05) is 16.8 Å². The van der Waals surface area contributed by atoms with Crippen molar-refractivity contribution in [2.45, 2.75) is 26.3 Å². The van der Waals surface area contributed by atoms with Gasteiger partial charge in [0.25, 0.3) is 0 Å². The number of hydrogen-bond donors (Lipinski definition) is 1. The maximum atomic E-state index is 5.36. The molecular weight excluding hydrogens is 254 g/mol. The van der Waals surface area contributed by atoms with E-state index in [9.17, 15) is 0 Å². The first kappa shape index (κ1) is 11.0. The molecule has 0 spiro atoms. The van der Waals surface area contributed by atoms with Gasteiger partial charge in [0.05, 0.1) is 12.6 Å². The molecule has 1 atom stereocenters. The SMILES string of the molecule is Cc1cc(Br)cc(C)c1NC1CCOC1. The maximum Gasteiger partial charge on any atom is 0.0668 e. The van der Waals surface area contributed by atoms with Crippen LogP contribution in [0.5, 0.6) is 0 Å². The highest BCUT2D eigenvalue weighted by molar-refractivity contribution is 9.10. The summed E-state index contributed by atoms with van der Waals surface area (Å²) in [6.45, 7) is 5.98. The summed E-state index contributed by atoms with van der Waals surface area (Å²) in [4.78, 5) is 0. The Morgan fingerprint density at radius 3 is 2.53 bits per heavy atom. The van der Waals surface area contributed by atoms with E-state index in [-0.39, 0.29) is 0 Å². The van der Waals surface area contributed by atoms with Crippen LogP contribution in [-0.2, 0) is 4.74 Å². The van der Waals surface area contributed by atoms with Gasteiger partial charge in [0.1, 0.15) is 0 Å². The van der Waals surface area contributed by atoms with Gasteiger partial charge in [-0.05, 0) is 43.5 Å². The van der Waals surface area contributed by atoms with Crippen molar-refractivity contribution < 1.29 is 4.74 Å². The number of halogens is 1. The van der Waals surface area contributed by atoms with Crippen LogP contribution in [0.25, 0.3) is 0 Å². The van der Waals surface area contributed by atoms with Crippen LogP contribution in [0, 0.1) is 13.8 Å². The Labute approximate surface area is 99.1 Å². The molecule has 1 aliphatic rings. The minimum absolute atomic E-state index is 0.476. The molecule has 1 fully saturated rings. The number of nitrogens with one attached hydrogen (secondary N) is 1. The Morgan fingerprint density at radius 2 is 2.00 bits per heavy atom. The maximum absolute atomic E-state index is 5.36. The topological polar surface area (TPSA) is 21.3 Å². The van der Waals surface area contributed by atoms with Crippen molar-refractivity contribution in [3.05, 3.63) is 27.7 Å². The first-order valence-electron chi connectivity index (χ1n) is 5.28. The zero-order valence-electron chi connectivity index (χ0n) is 9.14. The molecule has 2 rings (SSSR count). The molecular formula is C12H16BrNO. The molecule has 0 aliphatic carbocycles. The minimum Gasteiger partial charge on any atom is -0.379 e. The Morgan fingerprint density at radius 1 is 1.33 bits per heavy atom. The molecule has 15 heavy (non-hydrogen) atoms. The lowest BCUT2D eigenvalue weighted by molar-refractivity contribution is 0.195. The van der Waals surface area contributed by atoms with E-state index in [1.54, 1.807) is 0 Å². The fraction of sp³-hybridized carbons (Fsp3) is 0.500. The number of aryl methyl sites for hydroxylation is 2.